The van der Waals surface area contributed by atoms with Gasteiger partial charge in [-0.2, -0.15) is 0 Å². The van der Waals surface area contributed by atoms with Crippen molar-refractivity contribution in [2.75, 3.05) is 25.4 Å². The second-order valence-corrected chi connectivity index (χ2v) is 6.84. The first-order valence-electron chi connectivity index (χ1n) is 9.34. The van der Waals surface area contributed by atoms with Crippen molar-refractivity contribution in [3.8, 4) is 16.9 Å². The Bertz CT molecular complexity index is 1010. The molecule has 0 amide bonds. The number of carbonyl (C=O) groups is 2. The van der Waals surface area contributed by atoms with E-state index in [1.54, 1.807) is 18.2 Å². The summed E-state index contributed by atoms with van der Waals surface area (Å²) in [6.45, 7) is 4.76. The van der Waals surface area contributed by atoms with E-state index in [4.69, 9.17) is 10.5 Å². The fourth-order valence-electron chi connectivity index (χ4n) is 3.67. The Morgan fingerprint density at radius 2 is 1.83 bits per heavy atom. The lowest BCUT2D eigenvalue weighted by Gasteiger charge is -2.19. The van der Waals surface area contributed by atoms with E-state index >= 15 is 0 Å². The molecule has 2 heterocycles. The number of carboxylic acid groups (broad SMARTS) is 2. The number of nitrogens with zero attached hydrogens (tertiary/aromatic N) is 1. The lowest BCUT2D eigenvalue weighted by atomic mass is 9.94. The third kappa shape index (κ3) is 4.09. The predicted octanol–water partition coefficient (Wildman–Crippen LogP) is 2.01. The Morgan fingerprint density at radius 1 is 1.17 bits per heavy atom. The number of aromatic amines is 1. The van der Waals surface area contributed by atoms with Crippen molar-refractivity contribution in [2.24, 2.45) is 0 Å². The molecule has 154 valence electrons. The van der Waals surface area contributed by atoms with Crippen LogP contribution in [0.4, 0.5) is 5.82 Å². The highest BCUT2D eigenvalue weighted by atomic mass is 16.5. The van der Waals surface area contributed by atoms with Crippen LogP contribution in [0.3, 0.4) is 0 Å². The van der Waals surface area contributed by atoms with Crippen LogP contribution in [-0.4, -0.2) is 51.7 Å². The maximum atomic E-state index is 12.2. The molecular formula is C20H23N3O6. The maximum absolute atomic E-state index is 12.2. The summed E-state index contributed by atoms with van der Waals surface area (Å²) in [6, 6.07) is 4.89. The zero-order valence-corrected chi connectivity index (χ0v) is 16.0. The molecule has 1 saturated heterocycles. The van der Waals surface area contributed by atoms with Crippen molar-refractivity contribution in [2.45, 2.75) is 26.3 Å². The summed E-state index contributed by atoms with van der Waals surface area (Å²) in [6.07, 6.45) is 2.20. The number of nitrogen functional groups attached to an aromatic ring is 1. The van der Waals surface area contributed by atoms with Gasteiger partial charge in [0.25, 0.3) is 5.56 Å². The minimum Gasteiger partial charge on any atom is -0.494 e. The molecule has 9 heteroatoms. The van der Waals surface area contributed by atoms with E-state index in [9.17, 15) is 24.6 Å². The summed E-state index contributed by atoms with van der Waals surface area (Å²) >= 11 is 0. The van der Waals surface area contributed by atoms with Crippen molar-refractivity contribution in [1.29, 1.82) is 0 Å². The number of aromatic nitrogens is 1. The molecule has 1 aliphatic rings. The molecule has 0 saturated carbocycles. The van der Waals surface area contributed by atoms with Crippen LogP contribution in [0.5, 0.6) is 5.75 Å². The van der Waals surface area contributed by atoms with Gasteiger partial charge in [-0.1, -0.05) is 6.07 Å². The molecule has 0 bridgehead atoms. The zero-order valence-electron chi connectivity index (χ0n) is 16.0. The molecule has 9 nitrogen and oxygen atoms in total. The number of hydrogen-bond donors (Lipinski definition) is 4. The quantitative estimate of drug-likeness (QED) is 0.551. The number of aromatic carboxylic acids is 2. The van der Waals surface area contributed by atoms with Gasteiger partial charge in [-0.25, -0.2) is 9.59 Å². The highest BCUT2D eigenvalue weighted by Gasteiger charge is 2.27. The number of hydrogen-bond acceptors (Lipinski definition) is 6. The molecule has 1 fully saturated rings. The first-order chi connectivity index (χ1) is 13.8. The van der Waals surface area contributed by atoms with Gasteiger partial charge in [-0.15, -0.1) is 0 Å². The summed E-state index contributed by atoms with van der Waals surface area (Å²) in [7, 11) is 0. The first-order valence-corrected chi connectivity index (χ1v) is 9.34. The van der Waals surface area contributed by atoms with Crippen molar-refractivity contribution in [1.82, 2.24) is 9.88 Å². The van der Waals surface area contributed by atoms with E-state index in [-0.39, 0.29) is 11.1 Å². The number of ether oxygens (including phenoxy) is 1. The number of likely N-dealkylation sites (tertiary alicyclic amines) is 1. The van der Waals surface area contributed by atoms with Gasteiger partial charge in [0, 0.05) is 17.7 Å². The van der Waals surface area contributed by atoms with Crippen molar-refractivity contribution in [3.05, 3.63) is 45.2 Å². The Morgan fingerprint density at radius 3 is 2.41 bits per heavy atom. The average molecular weight is 401 g/mol. The Hall–Kier alpha value is -3.33. The van der Waals surface area contributed by atoms with Crippen molar-refractivity contribution >= 4 is 17.8 Å². The molecule has 0 atom stereocenters. The van der Waals surface area contributed by atoms with E-state index in [0.717, 1.165) is 31.5 Å². The minimum atomic E-state index is -1.53. The molecule has 1 aliphatic heterocycles. The number of carboxylic acids is 2. The maximum Gasteiger partial charge on any atom is 0.342 e. The fraction of sp³-hybridized carbons (Fsp3) is 0.350. The fourth-order valence-corrected chi connectivity index (χ4v) is 3.67. The number of nitrogens with two attached hydrogens (primary N) is 1. The molecule has 2 aromatic rings. The monoisotopic (exact) mass is 401 g/mol. The Balaban J connectivity index is 2.23. The van der Waals surface area contributed by atoms with Gasteiger partial charge in [0.1, 0.15) is 22.7 Å². The van der Waals surface area contributed by atoms with Crippen LogP contribution in [0, 0.1) is 0 Å². The van der Waals surface area contributed by atoms with Gasteiger partial charge in [0.15, 0.2) is 0 Å². The highest BCUT2D eigenvalue weighted by Crippen LogP contribution is 2.33. The average Bonchev–Trinajstić information content (AvgIpc) is 3.15. The lowest BCUT2D eigenvalue weighted by Crippen LogP contribution is -2.24. The van der Waals surface area contributed by atoms with Gasteiger partial charge in [-0.3, -0.25) is 9.69 Å². The minimum absolute atomic E-state index is 0.211. The van der Waals surface area contributed by atoms with Crippen LogP contribution in [0.1, 0.15) is 46.0 Å². The number of H-pyrrole nitrogens is 1. The largest absolute Gasteiger partial charge is 0.494 e. The first kappa shape index (κ1) is 20.4. The third-order valence-corrected chi connectivity index (χ3v) is 4.91. The van der Waals surface area contributed by atoms with Crippen LogP contribution >= 0.6 is 0 Å². The van der Waals surface area contributed by atoms with Crippen LogP contribution in [0.2, 0.25) is 0 Å². The molecule has 3 rings (SSSR count). The molecule has 0 aliphatic carbocycles. The summed E-state index contributed by atoms with van der Waals surface area (Å²) in [4.78, 5) is 40.1. The standard InChI is InChI=1S/C20H23N3O6/c1-2-29-13-6-5-11(9-12(13)10-23-7-3-4-8-23)14-15(19(25)26)17(21)22-18(24)16(14)20(27)28/h5-6,9H,2-4,7-8,10H2,1H3,(H,25,26)(H,27,28)(H3,21,22,24). The number of anilines is 1. The molecule has 0 radical (unpaired) electrons. The highest BCUT2D eigenvalue weighted by molar-refractivity contribution is 6.07. The molecule has 1 aromatic carbocycles. The van der Waals surface area contributed by atoms with Crippen LogP contribution in [0.15, 0.2) is 23.0 Å². The Labute approximate surface area is 166 Å². The zero-order chi connectivity index (χ0) is 21.1. The van der Waals surface area contributed by atoms with Crippen LogP contribution < -0.4 is 16.0 Å². The molecule has 29 heavy (non-hydrogen) atoms. The normalized spacial score (nSPS) is 14.1. The van der Waals surface area contributed by atoms with Gasteiger partial charge >= 0.3 is 11.9 Å². The van der Waals surface area contributed by atoms with Crippen LogP contribution in [-0.2, 0) is 6.54 Å². The molecule has 0 spiro atoms. The summed E-state index contributed by atoms with van der Waals surface area (Å²) in [5, 5.41) is 19.2. The van der Waals surface area contributed by atoms with E-state index in [0.29, 0.717) is 18.9 Å². The van der Waals surface area contributed by atoms with Gasteiger partial charge in [-0.05, 0) is 50.6 Å². The Kier molecular flexibility index (Phi) is 5.88. The summed E-state index contributed by atoms with van der Waals surface area (Å²) < 4.78 is 5.69. The number of pyridine rings is 1. The van der Waals surface area contributed by atoms with E-state index in [1.807, 2.05) is 6.92 Å². The number of rotatable bonds is 7. The van der Waals surface area contributed by atoms with Crippen molar-refractivity contribution < 1.29 is 24.5 Å². The number of benzene rings is 1. The van der Waals surface area contributed by atoms with Gasteiger partial charge in [0.05, 0.1) is 6.61 Å². The summed E-state index contributed by atoms with van der Waals surface area (Å²) in [5.74, 6) is -2.71. The second-order valence-electron chi connectivity index (χ2n) is 6.84. The topological polar surface area (TPSA) is 146 Å². The SMILES string of the molecule is CCOc1ccc(-c2c(C(=O)O)c(N)[nH]c(=O)c2C(=O)O)cc1CN1CCCC1. The van der Waals surface area contributed by atoms with E-state index in [2.05, 4.69) is 9.88 Å². The van der Waals surface area contributed by atoms with E-state index in [1.165, 1.54) is 0 Å². The van der Waals surface area contributed by atoms with E-state index < -0.39 is 34.4 Å². The van der Waals surface area contributed by atoms with Crippen LogP contribution in [0.25, 0.3) is 11.1 Å². The third-order valence-electron chi connectivity index (χ3n) is 4.91. The van der Waals surface area contributed by atoms with Crippen molar-refractivity contribution in [3.63, 3.8) is 0 Å². The van der Waals surface area contributed by atoms with Gasteiger partial charge in [0.2, 0.25) is 0 Å². The summed E-state index contributed by atoms with van der Waals surface area (Å²) in [5.41, 5.74) is 4.52. The molecule has 5 N–H and O–H groups in total. The predicted molar refractivity (Wildman–Crippen MR) is 107 cm³/mol. The molecule has 0 unspecified atom stereocenters. The molecular weight excluding hydrogens is 378 g/mol. The molecule has 1 aromatic heterocycles. The number of nitrogens with one attached hydrogen (secondary N) is 1. The van der Waals surface area contributed by atoms with Gasteiger partial charge < -0.3 is 25.7 Å². The smallest absolute Gasteiger partial charge is 0.342 e. The lowest BCUT2D eigenvalue weighted by molar-refractivity contribution is 0.0695. The second kappa shape index (κ2) is 8.36.